The van der Waals surface area contributed by atoms with Gasteiger partial charge in [-0.05, 0) is 20.8 Å². The van der Waals surface area contributed by atoms with Gasteiger partial charge >= 0.3 is 0 Å². The molecule has 0 saturated heterocycles. The monoisotopic (exact) mass is 568 g/mol. The van der Waals surface area contributed by atoms with Gasteiger partial charge < -0.3 is 0 Å². The molecule has 2 unspecified atom stereocenters. The van der Waals surface area contributed by atoms with Crippen LogP contribution in [0.15, 0.2) is 9.81 Å². The van der Waals surface area contributed by atoms with Gasteiger partial charge in [-0.25, -0.2) is 47.9 Å². The number of halogens is 9. The van der Waals surface area contributed by atoms with E-state index >= 15 is 0 Å². The minimum Gasteiger partial charge on any atom is -0.249 e. The lowest BCUT2D eigenvalue weighted by molar-refractivity contribution is 0.124. The van der Waals surface area contributed by atoms with Crippen molar-refractivity contribution >= 4 is 20.2 Å². The Morgan fingerprint density at radius 2 is 0.750 bits per heavy atom. The van der Waals surface area contributed by atoms with E-state index in [-0.39, 0.29) is 6.92 Å². The Balaban J connectivity index is 2.19. The third-order valence-corrected chi connectivity index (χ3v) is 9.19. The van der Waals surface area contributed by atoms with Gasteiger partial charge in [0.25, 0.3) is 20.2 Å². The van der Waals surface area contributed by atoms with E-state index in [1.807, 2.05) is 0 Å². The molecule has 0 fully saturated rings. The molecule has 0 N–H and O–H groups in total. The summed E-state index contributed by atoms with van der Waals surface area (Å²) in [6, 6.07) is 0. The van der Waals surface area contributed by atoms with Gasteiger partial charge in [0.2, 0.25) is 5.82 Å². The van der Waals surface area contributed by atoms with Crippen LogP contribution in [0.1, 0.15) is 30.5 Å². The molecule has 2 heterocycles. The molecule has 0 saturated carbocycles. The Bertz CT molecular complexity index is 1470. The molecular formula is C19H9F9O6S2. The molecule has 36 heavy (non-hydrogen) atoms. The third-order valence-electron chi connectivity index (χ3n) is 5.77. The molecule has 0 spiro atoms. The quantitative estimate of drug-likeness (QED) is 0.232. The Morgan fingerprint density at radius 1 is 0.500 bits per heavy atom. The van der Waals surface area contributed by atoms with Crippen molar-refractivity contribution in [2.24, 2.45) is 0 Å². The summed E-state index contributed by atoms with van der Waals surface area (Å²) in [6.45, 7) is 1.18. The minimum absolute atomic E-state index is 0.265. The van der Waals surface area contributed by atoms with Crippen LogP contribution in [0, 0.1) is 59.3 Å². The predicted octanol–water partition coefficient (Wildman–Crippen LogP) is 4.31. The maximum atomic E-state index is 14.8. The van der Waals surface area contributed by atoms with Crippen molar-refractivity contribution in [2.75, 3.05) is 0 Å². The molecule has 2 aromatic rings. The summed E-state index contributed by atoms with van der Waals surface area (Å²) in [4.78, 5) is -3.64. The Morgan fingerprint density at radius 3 is 1.06 bits per heavy atom. The highest BCUT2D eigenvalue weighted by atomic mass is 32.2. The lowest BCUT2D eigenvalue weighted by atomic mass is 9.87. The zero-order valence-electron chi connectivity index (χ0n) is 17.7. The van der Waals surface area contributed by atoms with Crippen molar-refractivity contribution in [1.29, 1.82) is 0 Å². The van der Waals surface area contributed by atoms with Crippen LogP contribution in [0.2, 0.25) is 0 Å². The van der Waals surface area contributed by atoms with Crippen molar-refractivity contribution in [2.45, 2.75) is 32.0 Å². The summed E-state index contributed by atoms with van der Waals surface area (Å²) in [5, 5.41) is 0. The normalized spacial score (nSPS) is 26.6. The van der Waals surface area contributed by atoms with E-state index in [2.05, 4.69) is 8.37 Å². The van der Waals surface area contributed by atoms with Crippen molar-refractivity contribution in [3.63, 3.8) is 0 Å². The Hall–Kier alpha value is -2.63. The first kappa shape index (κ1) is 26.4. The van der Waals surface area contributed by atoms with Gasteiger partial charge in [-0.1, -0.05) is 0 Å². The van der Waals surface area contributed by atoms with Crippen LogP contribution in [-0.4, -0.2) is 16.8 Å². The average molecular weight is 568 g/mol. The summed E-state index contributed by atoms with van der Waals surface area (Å²) in [5.74, 6) is -22.0. The van der Waals surface area contributed by atoms with Crippen LogP contribution in [0.25, 0.3) is 0 Å². The zero-order chi connectivity index (χ0) is 27.5. The number of benzene rings is 2. The van der Waals surface area contributed by atoms with E-state index < -0.39 is 110 Å². The first-order valence-corrected chi connectivity index (χ1v) is 12.1. The molecule has 6 nitrogen and oxygen atoms in total. The third kappa shape index (κ3) is 3.05. The first-order valence-electron chi connectivity index (χ1n) is 9.27. The summed E-state index contributed by atoms with van der Waals surface area (Å²) < 4.78 is 189. The summed E-state index contributed by atoms with van der Waals surface area (Å²) in [6.07, 6.45) is 0. The van der Waals surface area contributed by atoms with Gasteiger partial charge in [-0.2, -0.15) is 16.8 Å². The van der Waals surface area contributed by atoms with Crippen LogP contribution < -0.4 is 0 Å². The Labute approximate surface area is 196 Å². The van der Waals surface area contributed by atoms with E-state index in [1.165, 1.54) is 0 Å². The van der Waals surface area contributed by atoms with Gasteiger partial charge in [-0.15, -0.1) is 0 Å². The number of hydrogen-bond acceptors (Lipinski definition) is 6. The molecule has 0 bridgehead atoms. The lowest BCUT2D eigenvalue weighted by Gasteiger charge is -2.29. The first-order chi connectivity index (χ1) is 16.3. The minimum atomic E-state index is -5.72. The largest absolute Gasteiger partial charge is 0.298 e. The number of hydrogen-bond donors (Lipinski definition) is 0. The van der Waals surface area contributed by atoms with Crippen molar-refractivity contribution in [3.8, 4) is 0 Å². The maximum Gasteiger partial charge on any atom is 0.298 e. The van der Waals surface area contributed by atoms with Crippen LogP contribution in [-0.2, 0) is 39.8 Å². The average Bonchev–Trinajstić information content (AvgIpc) is 3.14. The molecule has 4 rings (SSSR count). The van der Waals surface area contributed by atoms with Gasteiger partial charge in [0.15, 0.2) is 57.7 Å². The van der Waals surface area contributed by atoms with E-state index in [9.17, 15) is 56.3 Å². The second-order valence-corrected chi connectivity index (χ2v) is 11.0. The molecular weight excluding hydrogens is 559 g/mol. The SMILES string of the molecule is Cc1c(F)c(F)c(C2(C)OS(=O)(=O)C3=C2S(=O)(=O)OC3(C)c2c(F)c(F)c(F)c(F)c2F)c(F)c1F. The summed E-state index contributed by atoms with van der Waals surface area (Å²) in [7, 11) is -11.4. The van der Waals surface area contributed by atoms with Gasteiger partial charge in [0.05, 0.1) is 11.1 Å². The molecule has 17 heteroatoms. The van der Waals surface area contributed by atoms with Gasteiger partial charge in [-0.3, -0.25) is 0 Å². The van der Waals surface area contributed by atoms with Crippen molar-refractivity contribution in [3.05, 3.63) is 78.9 Å². The molecule has 2 atom stereocenters. The molecule has 2 aliphatic heterocycles. The second kappa shape index (κ2) is 7.45. The molecule has 2 aliphatic rings. The molecule has 0 radical (unpaired) electrons. The summed E-state index contributed by atoms with van der Waals surface area (Å²) >= 11 is 0. The predicted molar refractivity (Wildman–Crippen MR) is 99.0 cm³/mol. The maximum absolute atomic E-state index is 14.8. The van der Waals surface area contributed by atoms with Gasteiger partial charge in [0.1, 0.15) is 9.81 Å². The fraction of sp³-hybridized carbons (Fsp3) is 0.263. The van der Waals surface area contributed by atoms with Crippen LogP contribution >= 0.6 is 0 Å². The Kier molecular flexibility index (Phi) is 5.47. The molecule has 0 aliphatic carbocycles. The zero-order valence-corrected chi connectivity index (χ0v) is 19.3. The fourth-order valence-electron chi connectivity index (χ4n) is 4.23. The standard InChI is InChI=1S/C19H9F9O6S2/c1-4-7(20)9(22)5(10(23)8(4)21)18(2)16-17(36(31,32)33-18)19(3,34-35(16,29)30)6-11(24)13(26)15(28)14(27)12(6)25/h1-3H3. The molecule has 0 aromatic heterocycles. The van der Waals surface area contributed by atoms with Crippen molar-refractivity contribution in [1.82, 2.24) is 0 Å². The van der Waals surface area contributed by atoms with Gasteiger partial charge in [0, 0.05) is 5.56 Å². The molecule has 2 aromatic carbocycles. The topological polar surface area (TPSA) is 86.7 Å². The highest BCUT2D eigenvalue weighted by molar-refractivity contribution is 7.96. The molecule has 0 amide bonds. The lowest BCUT2D eigenvalue weighted by Crippen LogP contribution is -2.36. The number of rotatable bonds is 2. The molecule has 196 valence electrons. The smallest absolute Gasteiger partial charge is 0.249 e. The van der Waals surface area contributed by atoms with E-state index in [4.69, 9.17) is 0 Å². The van der Waals surface area contributed by atoms with E-state index in [1.54, 1.807) is 0 Å². The van der Waals surface area contributed by atoms with Crippen LogP contribution in [0.4, 0.5) is 39.5 Å². The highest BCUT2D eigenvalue weighted by Crippen LogP contribution is 2.60. The van der Waals surface area contributed by atoms with E-state index in [0.717, 1.165) is 0 Å². The highest BCUT2D eigenvalue weighted by Gasteiger charge is 2.68. The van der Waals surface area contributed by atoms with Crippen molar-refractivity contribution < 1.29 is 64.7 Å². The fourth-order valence-corrected chi connectivity index (χ4v) is 8.41. The second-order valence-electron chi connectivity index (χ2n) is 8.00. The summed E-state index contributed by atoms with van der Waals surface area (Å²) in [5.41, 5.74) is -12.3. The van der Waals surface area contributed by atoms with E-state index in [0.29, 0.717) is 13.8 Å². The van der Waals surface area contributed by atoms with Crippen LogP contribution in [0.5, 0.6) is 0 Å². The van der Waals surface area contributed by atoms with Crippen LogP contribution in [0.3, 0.4) is 0 Å².